The molecule has 0 bridgehead atoms. The molecule has 0 heterocycles. The van der Waals surface area contributed by atoms with Crippen LogP contribution in [0.5, 0.6) is 0 Å². The lowest BCUT2D eigenvalue weighted by Crippen LogP contribution is -2.29. The number of nitrogens with one attached hydrogen (secondary N) is 1. The van der Waals surface area contributed by atoms with Gasteiger partial charge in [0.25, 0.3) is 5.91 Å². The predicted octanol–water partition coefficient (Wildman–Crippen LogP) is 2.79. The van der Waals surface area contributed by atoms with Crippen molar-refractivity contribution in [3.63, 3.8) is 0 Å². The molecule has 0 aliphatic rings. The second-order valence-corrected chi connectivity index (χ2v) is 4.78. The molecule has 108 valence electrons. The van der Waals surface area contributed by atoms with Crippen LogP contribution in [0.4, 0.5) is 0 Å². The van der Waals surface area contributed by atoms with E-state index in [0.717, 1.165) is 12.8 Å². The molecular formula is C14H22INO3. The summed E-state index contributed by atoms with van der Waals surface area (Å²) in [7, 11) is 0. The molecule has 1 amide bonds. The lowest BCUT2D eigenvalue weighted by Gasteiger charge is -2.05. The van der Waals surface area contributed by atoms with E-state index in [-0.39, 0.29) is 6.54 Å². The SMILES string of the molecule is CCCCCCCCCOC(=O)CNC(=O)C#CI. The zero-order valence-corrected chi connectivity index (χ0v) is 13.6. The summed E-state index contributed by atoms with van der Waals surface area (Å²) in [6, 6.07) is 0. The van der Waals surface area contributed by atoms with Gasteiger partial charge in [0.2, 0.25) is 0 Å². The molecule has 0 radical (unpaired) electrons. The fourth-order valence-electron chi connectivity index (χ4n) is 1.54. The van der Waals surface area contributed by atoms with E-state index in [9.17, 15) is 9.59 Å². The molecule has 5 heteroatoms. The summed E-state index contributed by atoms with van der Waals surface area (Å²) in [5, 5.41) is 2.37. The molecule has 4 nitrogen and oxygen atoms in total. The van der Waals surface area contributed by atoms with E-state index >= 15 is 0 Å². The van der Waals surface area contributed by atoms with Crippen molar-refractivity contribution >= 4 is 34.5 Å². The summed E-state index contributed by atoms with van der Waals surface area (Å²) < 4.78 is 7.42. The Labute approximate surface area is 129 Å². The van der Waals surface area contributed by atoms with Gasteiger partial charge in [-0.3, -0.25) is 9.59 Å². The van der Waals surface area contributed by atoms with Crippen molar-refractivity contribution < 1.29 is 14.3 Å². The standard InChI is InChI=1S/C14H22INO3/c1-2-3-4-5-6-7-8-11-19-14(18)12-16-13(17)9-10-15/h2-8,11-12H2,1H3,(H,16,17). The molecule has 1 N–H and O–H groups in total. The fourth-order valence-corrected chi connectivity index (χ4v) is 1.78. The Morgan fingerprint density at radius 2 is 1.74 bits per heavy atom. The van der Waals surface area contributed by atoms with Crippen molar-refractivity contribution in [3.05, 3.63) is 0 Å². The third-order valence-corrected chi connectivity index (χ3v) is 2.83. The van der Waals surface area contributed by atoms with Gasteiger partial charge in [-0.05, 0) is 10.3 Å². The molecule has 0 unspecified atom stereocenters. The fraction of sp³-hybridized carbons (Fsp3) is 0.714. The Morgan fingerprint density at radius 1 is 1.11 bits per heavy atom. The molecule has 0 saturated heterocycles. The van der Waals surface area contributed by atoms with Gasteiger partial charge in [-0.25, -0.2) is 0 Å². The number of unbranched alkanes of at least 4 members (excludes halogenated alkanes) is 6. The molecule has 0 saturated carbocycles. The van der Waals surface area contributed by atoms with E-state index in [1.54, 1.807) is 22.6 Å². The van der Waals surface area contributed by atoms with Crippen molar-refractivity contribution in [1.29, 1.82) is 0 Å². The molecule has 19 heavy (non-hydrogen) atoms. The Morgan fingerprint density at radius 3 is 2.37 bits per heavy atom. The molecule has 0 aromatic rings. The van der Waals surface area contributed by atoms with Crippen LogP contribution in [-0.2, 0) is 14.3 Å². The monoisotopic (exact) mass is 379 g/mol. The number of amides is 1. The summed E-state index contributed by atoms with van der Waals surface area (Å²) >= 11 is 1.77. The van der Waals surface area contributed by atoms with E-state index in [4.69, 9.17) is 4.74 Å². The Kier molecular flexibility index (Phi) is 13.1. The Balaban J connectivity index is 3.33. The maximum absolute atomic E-state index is 11.2. The van der Waals surface area contributed by atoms with Crippen molar-refractivity contribution in [2.75, 3.05) is 13.2 Å². The molecule has 0 spiro atoms. The van der Waals surface area contributed by atoms with Crippen molar-refractivity contribution in [2.24, 2.45) is 0 Å². The minimum Gasteiger partial charge on any atom is -0.464 e. The highest BCUT2D eigenvalue weighted by Crippen LogP contribution is 2.06. The summed E-state index contributed by atoms with van der Waals surface area (Å²) in [5.41, 5.74) is 0. The van der Waals surface area contributed by atoms with Crippen LogP contribution in [0.2, 0.25) is 0 Å². The number of ether oxygens (including phenoxy) is 1. The van der Waals surface area contributed by atoms with Crippen LogP contribution < -0.4 is 5.32 Å². The Hall–Kier alpha value is -0.770. The highest BCUT2D eigenvalue weighted by atomic mass is 127. The topological polar surface area (TPSA) is 55.4 Å². The van der Waals surface area contributed by atoms with Crippen LogP contribution in [0.3, 0.4) is 0 Å². The highest BCUT2D eigenvalue weighted by Gasteiger charge is 2.04. The van der Waals surface area contributed by atoms with E-state index < -0.39 is 11.9 Å². The highest BCUT2D eigenvalue weighted by molar-refractivity contribution is 14.1. The second kappa shape index (κ2) is 13.7. The van der Waals surface area contributed by atoms with E-state index in [2.05, 4.69) is 22.1 Å². The van der Waals surface area contributed by atoms with Gasteiger partial charge in [0, 0.05) is 28.5 Å². The predicted molar refractivity (Wildman–Crippen MR) is 83.8 cm³/mol. The normalized spacial score (nSPS) is 9.37. The third-order valence-electron chi connectivity index (χ3n) is 2.57. The van der Waals surface area contributed by atoms with Gasteiger partial charge in [-0.1, -0.05) is 45.4 Å². The molecular weight excluding hydrogens is 357 g/mol. The van der Waals surface area contributed by atoms with E-state index in [1.807, 2.05) is 0 Å². The van der Waals surface area contributed by atoms with Gasteiger partial charge in [0.05, 0.1) is 6.61 Å². The molecule has 0 aromatic heterocycles. The van der Waals surface area contributed by atoms with Gasteiger partial charge in [0.1, 0.15) is 6.54 Å². The average Bonchev–Trinajstić information content (AvgIpc) is 2.40. The van der Waals surface area contributed by atoms with Crippen molar-refractivity contribution in [2.45, 2.75) is 51.9 Å². The van der Waals surface area contributed by atoms with Crippen LogP contribution in [-0.4, -0.2) is 25.0 Å². The maximum atomic E-state index is 11.2. The summed E-state index contributed by atoms with van der Waals surface area (Å²) in [6.45, 7) is 2.52. The number of esters is 1. The number of carbonyl (C=O) groups is 2. The van der Waals surface area contributed by atoms with Gasteiger partial charge in [-0.2, -0.15) is 0 Å². The molecule has 0 aromatic carbocycles. The maximum Gasteiger partial charge on any atom is 0.325 e. The van der Waals surface area contributed by atoms with Crippen molar-refractivity contribution in [1.82, 2.24) is 5.32 Å². The van der Waals surface area contributed by atoms with Crippen LogP contribution in [0.25, 0.3) is 0 Å². The zero-order chi connectivity index (χ0) is 14.3. The van der Waals surface area contributed by atoms with E-state index in [0.29, 0.717) is 6.61 Å². The molecule has 0 fully saturated rings. The van der Waals surface area contributed by atoms with Crippen LogP contribution in [0.15, 0.2) is 0 Å². The van der Waals surface area contributed by atoms with Gasteiger partial charge in [-0.15, -0.1) is 0 Å². The third kappa shape index (κ3) is 13.5. The van der Waals surface area contributed by atoms with Crippen LogP contribution in [0.1, 0.15) is 51.9 Å². The first-order valence-electron chi connectivity index (χ1n) is 6.75. The first kappa shape index (κ1) is 18.2. The second-order valence-electron chi connectivity index (χ2n) is 4.24. The minimum atomic E-state index is -0.456. The quantitative estimate of drug-likeness (QED) is 0.275. The van der Waals surface area contributed by atoms with Gasteiger partial charge < -0.3 is 10.1 Å². The van der Waals surface area contributed by atoms with E-state index in [1.165, 1.54) is 32.1 Å². The first-order valence-corrected chi connectivity index (χ1v) is 7.83. The molecule has 0 rings (SSSR count). The first-order chi connectivity index (χ1) is 9.20. The van der Waals surface area contributed by atoms with Crippen LogP contribution >= 0.6 is 22.6 Å². The average molecular weight is 379 g/mol. The molecule has 0 atom stereocenters. The van der Waals surface area contributed by atoms with Gasteiger partial charge >= 0.3 is 5.97 Å². The lowest BCUT2D eigenvalue weighted by molar-refractivity contribution is -0.143. The molecule has 0 aliphatic heterocycles. The largest absolute Gasteiger partial charge is 0.464 e. The summed E-state index contributed by atoms with van der Waals surface area (Å²) in [4.78, 5) is 22.2. The number of carbonyl (C=O) groups excluding carboxylic acids is 2. The Bertz CT molecular complexity index is 320. The number of halogens is 1. The summed E-state index contributed by atoms with van der Waals surface area (Å²) in [5.74, 6) is 1.42. The lowest BCUT2D eigenvalue weighted by atomic mass is 10.1. The summed E-state index contributed by atoms with van der Waals surface area (Å²) in [6.07, 6.45) is 8.27. The van der Waals surface area contributed by atoms with Crippen LogP contribution in [0, 0.1) is 9.85 Å². The smallest absolute Gasteiger partial charge is 0.325 e. The van der Waals surface area contributed by atoms with Gasteiger partial charge in [0.15, 0.2) is 0 Å². The molecule has 0 aliphatic carbocycles. The number of rotatable bonds is 10. The minimum absolute atomic E-state index is 0.110. The number of hydrogen-bond acceptors (Lipinski definition) is 3. The zero-order valence-electron chi connectivity index (χ0n) is 11.5. The number of hydrogen-bond donors (Lipinski definition) is 1. The van der Waals surface area contributed by atoms with Crippen molar-refractivity contribution in [3.8, 4) is 9.85 Å².